The molecule has 1 saturated heterocycles. The fraction of sp³-hybridized carbons (Fsp3) is 0.632. The van der Waals surface area contributed by atoms with Gasteiger partial charge in [-0.15, -0.1) is 0 Å². The standard InChI is InChI=1S/C19H28N2O/c1-15-7-2-3-9-17(15)13-20-19(22)14-21-12-6-10-16-8-4-5-11-18(16)21/h2-3,7,9,16,18H,4-6,8,10-14H2,1H3,(H,20,22)/p+1/t16-,18-/m0/s1. The maximum absolute atomic E-state index is 12.3. The van der Waals surface area contributed by atoms with Crippen LogP contribution in [0.3, 0.4) is 0 Å². The first-order chi connectivity index (χ1) is 10.7. The molecule has 2 N–H and O–H groups in total. The highest BCUT2D eigenvalue weighted by Crippen LogP contribution is 2.28. The zero-order valence-corrected chi connectivity index (χ0v) is 13.7. The van der Waals surface area contributed by atoms with E-state index in [0.29, 0.717) is 13.1 Å². The second-order valence-electron chi connectivity index (χ2n) is 7.08. The SMILES string of the molecule is Cc1ccccc1CNC(=O)C[NH+]1CCC[C@@H]2CCCC[C@@H]21. The topological polar surface area (TPSA) is 33.5 Å². The summed E-state index contributed by atoms with van der Waals surface area (Å²) >= 11 is 0. The summed E-state index contributed by atoms with van der Waals surface area (Å²) in [6.45, 7) is 4.60. The second kappa shape index (κ2) is 7.28. The number of hydrogen-bond donors (Lipinski definition) is 2. The molecule has 2 fully saturated rings. The van der Waals surface area contributed by atoms with Crippen molar-refractivity contribution in [1.29, 1.82) is 0 Å². The molecular formula is C19H29N2O+. The van der Waals surface area contributed by atoms with Crippen molar-refractivity contribution in [2.45, 2.75) is 58.0 Å². The number of aryl methyl sites for hydroxylation is 1. The van der Waals surface area contributed by atoms with E-state index in [1.165, 1.54) is 56.2 Å². The van der Waals surface area contributed by atoms with Crippen LogP contribution < -0.4 is 10.2 Å². The molecule has 0 spiro atoms. The lowest BCUT2D eigenvalue weighted by atomic mass is 9.78. The van der Waals surface area contributed by atoms with Crippen molar-refractivity contribution >= 4 is 5.91 Å². The predicted octanol–water partition coefficient (Wildman–Crippen LogP) is 1.85. The zero-order valence-electron chi connectivity index (χ0n) is 13.7. The molecule has 1 amide bonds. The summed E-state index contributed by atoms with van der Waals surface area (Å²) in [6, 6.07) is 9.02. The van der Waals surface area contributed by atoms with Gasteiger partial charge in [-0.3, -0.25) is 4.79 Å². The number of amides is 1. The van der Waals surface area contributed by atoms with E-state index in [4.69, 9.17) is 0 Å². The largest absolute Gasteiger partial charge is 0.347 e. The zero-order chi connectivity index (χ0) is 15.4. The fourth-order valence-electron chi connectivity index (χ4n) is 4.36. The van der Waals surface area contributed by atoms with Gasteiger partial charge < -0.3 is 10.2 Å². The number of piperidine rings is 1. The molecule has 1 heterocycles. The van der Waals surface area contributed by atoms with E-state index >= 15 is 0 Å². The Morgan fingerprint density at radius 3 is 2.82 bits per heavy atom. The molecule has 0 aromatic heterocycles. The molecule has 120 valence electrons. The molecule has 1 unspecified atom stereocenters. The molecule has 0 bridgehead atoms. The molecule has 1 saturated carbocycles. The Balaban J connectivity index is 1.51. The van der Waals surface area contributed by atoms with Gasteiger partial charge in [0.05, 0.1) is 12.6 Å². The fourth-order valence-corrected chi connectivity index (χ4v) is 4.36. The smallest absolute Gasteiger partial charge is 0.275 e. The molecule has 2 aliphatic rings. The predicted molar refractivity (Wildman–Crippen MR) is 88.7 cm³/mol. The molecular weight excluding hydrogens is 272 g/mol. The van der Waals surface area contributed by atoms with Crippen LogP contribution in [0.2, 0.25) is 0 Å². The molecule has 1 aliphatic heterocycles. The molecule has 3 rings (SSSR count). The summed E-state index contributed by atoms with van der Waals surface area (Å²) in [5.41, 5.74) is 2.47. The molecule has 22 heavy (non-hydrogen) atoms. The van der Waals surface area contributed by atoms with E-state index in [9.17, 15) is 4.79 Å². The molecule has 0 radical (unpaired) electrons. The van der Waals surface area contributed by atoms with Gasteiger partial charge in [-0.1, -0.05) is 30.7 Å². The highest BCUT2D eigenvalue weighted by atomic mass is 16.2. The third kappa shape index (κ3) is 3.70. The number of rotatable bonds is 4. The van der Waals surface area contributed by atoms with Crippen LogP contribution in [0.4, 0.5) is 0 Å². The van der Waals surface area contributed by atoms with Gasteiger partial charge in [-0.25, -0.2) is 0 Å². The molecule has 1 aliphatic carbocycles. The lowest BCUT2D eigenvalue weighted by Gasteiger charge is -2.40. The Labute approximate surface area is 134 Å². The average Bonchev–Trinajstić information content (AvgIpc) is 2.54. The summed E-state index contributed by atoms with van der Waals surface area (Å²) in [5, 5.41) is 3.12. The number of carbonyl (C=O) groups is 1. The van der Waals surface area contributed by atoms with Gasteiger partial charge in [0.25, 0.3) is 5.91 Å². The van der Waals surface area contributed by atoms with Gasteiger partial charge in [0.2, 0.25) is 0 Å². The van der Waals surface area contributed by atoms with E-state index in [0.717, 1.165) is 12.0 Å². The Morgan fingerprint density at radius 1 is 1.18 bits per heavy atom. The quantitative estimate of drug-likeness (QED) is 0.874. The number of benzene rings is 1. The first-order valence-corrected chi connectivity index (χ1v) is 8.90. The number of nitrogens with one attached hydrogen (secondary N) is 2. The van der Waals surface area contributed by atoms with Gasteiger partial charge in [0.15, 0.2) is 6.54 Å². The number of quaternary nitrogens is 1. The van der Waals surface area contributed by atoms with E-state index in [-0.39, 0.29) is 5.91 Å². The monoisotopic (exact) mass is 301 g/mol. The summed E-state index contributed by atoms with van der Waals surface area (Å²) in [7, 11) is 0. The summed E-state index contributed by atoms with van der Waals surface area (Å²) in [4.78, 5) is 13.9. The van der Waals surface area contributed by atoms with Crippen molar-refractivity contribution in [3.8, 4) is 0 Å². The molecule has 3 nitrogen and oxygen atoms in total. The van der Waals surface area contributed by atoms with Crippen LogP contribution in [0.25, 0.3) is 0 Å². The Hall–Kier alpha value is -1.35. The minimum absolute atomic E-state index is 0.212. The third-order valence-corrected chi connectivity index (χ3v) is 5.63. The number of likely N-dealkylation sites (tertiary alicyclic amines) is 1. The minimum atomic E-state index is 0.212. The van der Waals surface area contributed by atoms with Crippen molar-refractivity contribution in [2.75, 3.05) is 13.1 Å². The number of carbonyl (C=O) groups excluding carboxylic acids is 1. The van der Waals surface area contributed by atoms with Crippen molar-refractivity contribution in [3.05, 3.63) is 35.4 Å². The third-order valence-electron chi connectivity index (χ3n) is 5.63. The maximum Gasteiger partial charge on any atom is 0.275 e. The van der Waals surface area contributed by atoms with Gasteiger partial charge in [-0.2, -0.15) is 0 Å². The number of fused-ring (bicyclic) bond motifs is 1. The van der Waals surface area contributed by atoms with E-state index in [2.05, 4.69) is 24.4 Å². The minimum Gasteiger partial charge on any atom is -0.347 e. The lowest BCUT2D eigenvalue weighted by Crippen LogP contribution is -3.18. The van der Waals surface area contributed by atoms with Crippen LogP contribution in [0.1, 0.15) is 49.7 Å². The van der Waals surface area contributed by atoms with E-state index in [1.807, 2.05) is 12.1 Å². The van der Waals surface area contributed by atoms with Gasteiger partial charge in [0.1, 0.15) is 0 Å². The second-order valence-corrected chi connectivity index (χ2v) is 7.08. The van der Waals surface area contributed by atoms with Crippen molar-refractivity contribution in [2.24, 2.45) is 5.92 Å². The van der Waals surface area contributed by atoms with E-state index in [1.54, 1.807) is 4.90 Å². The summed E-state index contributed by atoms with van der Waals surface area (Å²) in [6.07, 6.45) is 8.15. The normalized spacial score (nSPS) is 28.0. The Kier molecular flexibility index (Phi) is 5.14. The lowest BCUT2D eigenvalue weighted by molar-refractivity contribution is -0.928. The summed E-state index contributed by atoms with van der Waals surface area (Å²) in [5.74, 6) is 1.09. The molecule has 1 aromatic rings. The highest BCUT2D eigenvalue weighted by Gasteiger charge is 2.37. The van der Waals surface area contributed by atoms with E-state index < -0.39 is 0 Å². The van der Waals surface area contributed by atoms with Gasteiger partial charge >= 0.3 is 0 Å². The number of hydrogen-bond acceptors (Lipinski definition) is 1. The summed E-state index contributed by atoms with van der Waals surface area (Å²) < 4.78 is 0. The van der Waals surface area contributed by atoms with Crippen LogP contribution in [-0.4, -0.2) is 25.0 Å². The van der Waals surface area contributed by atoms with Crippen LogP contribution in [-0.2, 0) is 11.3 Å². The van der Waals surface area contributed by atoms with Crippen molar-refractivity contribution in [1.82, 2.24) is 5.32 Å². The molecule has 1 aromatic carbocycles. The van der Waals surface area contributed by atoms with Gasteiger partial charge in [0, 0.05) is 12.5 Å². The maximum atomic E-state index is 12.3. The first-order valence-electron chi connectivity index (χ1n) is 8.90. The average molecular weight is 301 g/mol. The van der Waals surface area contributed by atoms with Crippen LogP contribution in [0.5, 0.6) is 0 Å². The first kappa shape index (κ1) is 15.5. The van der Waals surface area contributed by atoms with Crippen molar-refractivity contribution < 1.29 is 9.69 Å². The molecule has 3 heteroatoms. The Morgan fingerprint density at radius 2 is 1.95 bits per heavy atom. The van der Waals surface area contributed by atoms with Crippen LogP contribution >= 0.6 is 0 Å². The molecule has 3 atom stereocenters. The Bertz CT molecular complexity index is 512. The highest BCUT2D eigenvalue weighted by molar-refractivity contribution is 5.76. The van der Waals surface area contributed by atoms with Crippen LogP contribution in [0.15, 0.2) is 24.3 Å². The van der Waals surface area contributed by atoms with Crippen molar-refractivity contribution in [3.63, 3.8) is 0 Å². The van der Waals surface area contributed by atoms with Crippen LogP contribution in [0, 0.1) is 12.8 Å². The van der Waals surface area contributed by atoms with Gasteiger partial charge in [-0.05, 0) is 50.2 Å².